The van der Waals surface area contributed by atoms with Gasteiger partial charge in [-0.2, -0.15) is 0 Å². The molecular weight excluding hydrogens is 1070 g/mol. The van der Waals surface area contributed by atoms with Crippen molar-refractivity contribution < 1.29 is 44.0 Å². The zero-order valence-electron chi connectivity index (χ0n) is 56.8. The molecule has 0 aliphatic carbocycles. The molecule has 2 heterocycles. The van der Waals surface area contributed by atoms with Crippen LogP contribution >= 0.6 is 0 Å². The SMILES string of the molecule is [2H]c1c([2H])c(C(C([2H])([2H])[2H])(C([2H])([2H])[2H])C([2H])([2H])[2H])c([2H])c([2H])c1-c1ccnc(-c2[c-]c(-c3cccc4c3nc(-c3cc(C(C)(C)C)cc(C(C)(C)C)c3O)n4-c3cc(C(C)(C)C)ccc3-c3ccc(C(C)(C)C)cc3)cc(-c3ccccc3)c2)c1.[Pt]. The maximum atomic E-state index is 12.8. The second kappa shape index (κ2) is 19.5. The first-order valence-corrected chi connectivity index (χ1v) is 24.5. The largest absolute Gasteiger partial charge is 0.507 e. The number of hydrogen-bond acceptors (Lipinski definition) is 3. The summed E-state index contributed by atoms with van der Waals surface area (Å²) in [5, 5.41) is 12.8. The van der Waals surface area contributed by atoms with E-state index >= 15 is 0 Å². The fourth-order valence-electron chi connectivity index (χ4n) is 9.16. The number of pyridine rings is 1. The van der Waals surface area contributed by atoms with Gasteiger partial charge in [0.25, 0.3) is 0 Å². The fraction of sp³-hybridized carbons (Fsp3) is 0.294. The normalized spacial score (nSPS) is 15.6. The van der Waals surface area contributed by atoms with Crippen molar-refractivity contribution in [3.05, 3.63) is 192 Å². The molecule has 4 nitrogen and oxygen atoms in total. The van der Waals surface area contributed by atoms with Gasteiger partial charge in [0.2, 0.25) is 0 Å². The molecule has 2 aromatic heterocycles. The molecule has 0 bridgehead atoms. The Bertz CT molecular complexity index is 3990. The number of benzene rings is 7. The van der Waals surface area contributed by atoms with E-state index in [9.17, 15) is 7.85 Å². The molecule has 1 N–H and O–H groups in total. The van der Waals surface area contributed by atoms with E-state index in [-0.39, 0.29) is 59.9 Å². The third-order valence-electron chi connectivity index (χ3n) is 13.5. The van der Waals surface area contributed by atoms with Crippen LogP contribution in [0.4, 0.5) is 0 Å². The Morgan fingerprint density at radius 2 is 1.14 bits per heavy atom. The van der Waals surface area contributed by atoms with Crippen molar-refractivity contribution in [2.24, 2.45) is 0 Å². The van der Waals surface area contributed by atoms with Crippen molar-refractivity contribution in [1.82, 2.24) is 14.5 Å². The van der Waals surface area contributed by atoms with E-state index in [2.05, 4.69) is 148 Å². The summed E-state index contributed by atoms with van der Waals surface area (Å²) in [5.74, 6) is 0.638. The molecule has 0 aliphatic rings. The van der Waals surface area contributed by atoms with Gasteiger partial charge in [-0.3, -0.25) is 9.55 Å². The van der Waals surface area contributed by atoms with Crippen LogP contribution < -0.4 is 0 Å². The molecule has 0 unspecified atom stereocenters. The number of aromatic hydroxyl groups is 1. The molecule has 0 amide bonds. The summed E-state index contributed by atoms with van der Waals surface area (Å²) in [5.41, 5.74) is 6.09. The zero-order chi connectivity index (χ0) is 62.7. The molecule has 0 spiro atoms. The molecule has 0 fully saturated rings. The Balaban J connectivity index is 0.00000961. The topological polar surface area (TPSA) is 50.9 Å². The number of hydrogen-bond donors (Lipinski definition) is 1. The number of phenolic OH excluding ortho intramolecular Hbond substituents is 1. The van der Waals surface area contributed by atoms with Gasteiger partial charge < -0.3 is 5.11 Å². The first-order valence-electron chi connectivity index (χ1n) is 31.0. The maximum Gasteiger partial charge on any atom is 0.148 e. The van der Waals surface area contributed by atoms with Gasteiger partial charge >= 0.3 is 0 Å². The van der Waals surface area contributed by atoms with E-state index in [1.165, 1.54) is 17.8 Å². The van der Waals surface area contributed by atoms with Crippen molar-refractivity contribution in [1.29, 1.82) is 0 Å². The van der Waals surface area contributed by atoms with E-state index < -0.39 is 61.1 Å². The van der Waals surface area contributed by atoms with E-state index in [1.807, 2.05) is 60.7 Å². The van der Waals surface area contributed by atoms with E-state index in [0.29, 0.717) is 33.6 Å². The van der Waals surface area contributed by atoms with Crippen molar-refractivity contribution in [2.45, 2.75) is 131 Å². The smallest absolute Gasteiger partial charge is 0.148 e. The number of rotatable bonds is 7. The summed E-state index contributed by atoms with van der Waals surface area (Å²) in [6, 6.07) is 41.8. The molecule has 5 heteroatoms. The quantitative estimate of drug-likeness (QED) is 0.162. The number of aromatic nitrogens is 3. The number of nitrogens with zero attached hydrogens (tertiary/aromatic N) is 3. The maximum absolute atomic E-state index is 12.8. The summed E-state index contributed by atoms with van der Waals surface area (Å²) in [7, 11) is 0. The van der Waals surface area contributed by atoms with E-state index in [4.69, 9.17) is 25.0 Å². The molecule has 9 rings (SSSR count). The minimum atomic E-state index is -3.82. The van der Waals surface area contributed by atoms with Gasteiger partial charge in [0.15, 0.2) is 0 Å². The van der Waals surface area contributed by atoms with Crippen LogP contribution in [0.5, 0.6) is 5.75 Å². The molecule has 73 heavy (non-hydrogen) atoms. The second-order valence-electron chi connectivity index (χ2n) is 23.2. The van der Waals surface area contributed by atoms with Gasteiger partial charge in [-0.25, -0.2) is 4.98 Å². The Kier molecular flexibility index (Phi) is 10.2. The van der Waals surface area contributed by atoms with Crippen molar-refractivity contribution in [3.63, 3.8) is 0 Å². The number of fused-ring (bicyclic) bond motifs is 1. The molecule has 7 aromatic carbocycles. The first kappa shape index (κ1) is 38.3. The van der Waals surface area contributed by atoms with Crippen molar-refractivity contribution >= 4 is 11.0 Å². The average Bonchev–Trinajstić information content (AvgIpc) is 0.804. The van der Waals surface area contributed by atoms with Crippen LogP contribution in [0.15, 0.2) is 158 Å². The summed E-state index contributed by atoms with van der Waals surface area (Å²) in [6.07, 6.45) is 1.42. The molecular formula is C68H72N3OPt-. The molecule has 0 atom stereocenters. The number of imidazole rings is 1. The van der Waals surface area contributed by atoms with Gasteiger partial charge in [0.1, 0.15) is 11.6 Å². The number of para-hydroxylation sites is 1. The second-order valence-corrected chi connectivity index (χ2v) is 23.2. The van der Waals surface area contributed by atoms with Crippen LogP contribution in [0.25, 0.3) is 83.9 Å². The van der Waals surface area contributed by atoms with Crippen LogP contribution in [0.2, 0.25) is 0 Å². The molecule has 9 aromatic rings. The van der Waals surface area contributed by atoms with Crippen LogP contribution in [-0.2, 0) is 48.1 Å². The third-order valence-corrected chi connectivity index (χ3v) is 13.5. The molecule has 0 saturated carbocycles. The molecule has 0 aliphatic heterocycles. The van der Waals surface area contributed by atoms with Crippen LogP contribution in [-0.4, -0.2) is 19.6 Å². The van der Waals surface area contributed by atoms with Gasteiger partial charge in [-0.05, 0) is 95.8 Å². The predicted octanol–water partition coefficient (Wildman–Crippen LogP) is 18.4. The monoisotopic (exact) mass is 1150 g/mol. The minimum Gasteiger partial charge on any atom is -0.507 e. The van der Waals surface area contributed by atoms with Gasteiger partial charge in [-0.15, -0.1) is 23.8 Å². The minimum absolute atomic E-state index is 0. The fourth-order valence-corrected chi connectivity index (χ4v) is 9.16. The average molecular weight is 1160 g/mol. The summed E-state index contributed by atoms with van der Waals surface area (Å²) >= 11 is 0. The van der Waals surface area contributed by atoms with Crippen LogP contribution in [0.3, 0.4) is 0 Å². The van der Waals surface area contributed by atoms with Crippen LogP contribution in [0, 0.1) is 6.07 Å². The molecule has 376 valence electrons. The predicted molar refractivity (Wildman–Crippen MR) is 305 cm³/mol. The van der Waals surface area contributed by atoms with Gasteiger partial charge in [-0.1, -0.05) is 235 Å². The number of phenols is 1. The Labute approximate surface area is 468 Å². The Hall–Kier alpha value is -6.35. The summed E-state index contributed by atoms with van der Waals surface area (Å²) in [4.78, 5) is 10.4. The summed E-state index contributed by atoms with van der Waals surface area (Å²) < 4.78 is 114. The standard InChI is InChI=1S/C68H72N3O.Pt/c1-64(2,3)50-28-24-44(25-29-50)46-34-35-69-58(39-46)49-37-47(43-20-17-16-18-21-43)36-48(38-49)55-22-19-23-59-61(55)70-63(56-40-53(67(10,11)12)41-57(62(56)72)68(13,14)15)71(59)60-42-52(66(7,8)9)32-33-54(60)45-26-30-51(31-27-45)65(4,5)6;/h16-37,39-42,72H,1-15H3;/q-1;/i1D3,2D3,3D3,24D,25D,28D,29D;. The van der Waals surface area contributed by atoms with Crippen molar-refractivity contribution in [2.75, 3.05) is 0 Å². The van der Waals surface area contributed by atoms with E-state index in [1.54, 1.807) is 6.07 Å². The van der Waals surface area contributed by atoms with Gasteiger partial charge in [0, 0.05) is 56.4 Å². The first-order chi connectivity index (χ1) is 39.2. The third kappa shape index (κ3) is 10.8. The van der Waals surface area contributed by atoms with Gasteiger partial charge in [0.05, 0.1) is 27.8 Å². The molecule has 0 radical (unpaired) electrons. The summed E-state index contributed by atoms with van der Waals surface area (Å²) in [6.45, 7) is 14.4. The Morgan fingerprint density at radius 1 is 0.493 bits per heavy atom. The zero-order valence-corrected chi connectivity index (χ0v) is 46.1. The van der Waals surface area contributed by atoms with Crippen molar-refractivity contribution in [3.8, 4) is 78.6 Å². The van der Waals surface area contributed by atoms with Crippen LogP contribution in [0.1, 0.15) is 149 Å². The van der Waals surface area contributed by atoms with E-state index in [0.717, 1.165) is 50.1 Å². The Morgan fingerprint density at radius 3 is 1.77 bits per heavy atom. The molecule has 0 saturated heterocycles.